The molecule has 1 aliphatic rings. The summed E-state index contributed by atoms with van der Waals surface area (Å²) < 4.78 is 6.43. The van der Waals surface area contributed by atoms with E-state index in [1.807, 2.05) is 12.4 Å². The molecule has 0 aromatic rings. The van der Waals surface area contributed by atoms with Crippen molar-refractivity contribution < 1.29 is 9.22 Å². The smallest absolute Gasteiger partial charge is 0.202 e. The number of aliphatic imine (C=N–C) groups is 1. The van der Waals surface area contributed by atoms with E-state index >= 15 is 0 Å². The maximum atomic E-state index is 5.67. The van der Waals surface area contributed by atoms with Crippen LogP contribution in [0.15, 0.2) is 17.4 Å². The van der Waals surface area contributed by atoms with Crippen molar-refractivity contribution in [3.63, 3.8) is 0 Å². The SMILES string of the molecule is COC(C)(C)[N+]1(C(C)(C)C)C=CN=CC1. The van der Waals surface area contributed by atoms with Crippen LogP contribution in [0.2, 0.25) is 0 Å². The van der Waals surface area contributed by atoms with Crippen LogP contribution in [0.3, 0.4) is 0 Å². The summed E-state index contributed by atoms with van der Waals surface area (Å²) in [5, 5.41) is 0. The maximum Gasteiger partial charge on any atom is 0.202 e. The Kier molecular flexibility index (Phi) is 3.08. The number of ether oxygens (including phenoxy) is 1. The molecule has 0 radical (unpaired) electrons. The summed E-state index contributed by atoms with van der Waals surface area (Å²) in [4.78, 5) is 4.16. The van der Waals surface area contributed by atoms with Crippen LogP contribution in [0.1, 0.15) is 34.6 Å². The van der Waals surface area contributed by atoms with E-state index in [1.165, 1.54) is 0 Å². The minimum absolute atomic E-state index is 0.0858. The molecule has 3 heteroatoms. The van der Waals surface area contributed by atoms with E-state index in [1.54, 1.807) is 7.11 Å². The van der Waals surface area contributed by atoms with Gasteiger partial charge in [-0.2, -0.15) is 0 Å². The summed E-state index contributed by atoms with van der Waals surface area (Å²) in [5.41, 5.74) is -0.163. The van der Waals surface area contributed by atoms with E-state index in [2.05, 4.69) is 45.8 Å². The number of hydrogen-bond acceptors (Lipinski definition) is 2. The normalized spacial score (nSPS) is 27.1. The average Bonchev–Trinajstić information content (AvgIpc) is 2.17. The number of nitrogens with zero attached hydrogens (tertiary/aromatic N) is 2. The molecule has 0 spiro atoms. The highest BCUT2D eigenvalue weighted by molar-refractivity contribution is 5.60. The van der Waals surface area contributed by atoms with Crippen molar-refractivity contribution in [2.75, 3.05) is 13.7 Å². The van der Waals surface area contributed by atoms with Crippen LogP contribution < -0.4 is 0 Å². The Labute approximate surface area is 93.0 Å². The van der Waals surface area contributed by atoms with Gasteiger partial charge < -0.3 is 4.74 Å². The lowest BCUT2D eigenvalue weighted by molar-refractivity contribution is -0.984. The van der Waals surface area contributed by atoms with E-state index < -0.39 is 0 Å². The zero-order valence-electron chi connectivity index (χ0n) is 10.7. The maximum absolute atomic E-state index is 5.67. The summed E-state index contributed by atoms with van der Waals surface area (Å²) in [6.45, 7) is 11.8. The number of methoxy groups -OCH3 is 1. The van der Waals surface area contributed by atoms with E-state index in [0.29, 0.717) is 0 Å². The van der Waals surface area contributed by atoms with Gasteiger partial charge in [0.2, 0.25) is 5.72 Å². The highest BCUT2D eigenvalue weighted by atomic mass is 16.5. The first-order valence-corrected chi connectivity index (χ1v) is 5.39. The molecular weight excluding hydrogens is 188 g/mol. The van der Waals surface area contributed by atoms with E-state index in [-0.39, 0.29) is 11.3 Å². The Morgan fingerprint density at radius 2 is 1.80 bits per heavy atom. The molecule has 1 atom stereocenters. The van der Waals surface area contributed by atoms with Crippen molar-refractivity contribution in [3.8, 4) is 0 Å². The third-order valence-electron chi connectivity index (χ3n) is 3.54. The summed E-state index contributed by atoms with van der Waals surface area (Å²) >= 11 is 0. The van der Waals surface area contributed by atoms with Gasteiger partial charge in [-0.25, -0.2) is 0 Å². The van der Waals surface area contributed by atoms with Crippen LogP contribution in [-0.4, -0.2) is 35.6 Å². The minimum atomic E-state index is -0.249. The first kappa shape index (κ1) is 12.4. The van der Waals surface area contributed by atoms with E-state index in [4.69, 9.17) is 4.74 Å². The predicted octanol–water partition coefficient (Wildman–Crippen LogP) is 2.54. The van der Waals surface area contributed by atoms with Crippen LogP contribution in [0.25, 0.3) is 0 Å². The predicted molar refractivity (Wildman–Crippen MR) is 63.6 cm³/mol. The first-order valence-electron chi connectivity index (χ1n) is 5.39. The zero-order chi connectivity index (χ0) is 11.7. The van der Waals surface area contributed by atoms with Gasteiger partial charge in [-0.15, -0.1) is 0 Å². The third kappa shape index (κ3) is 1.86. The second kappa shape index (κ2) is 3.72. The zero-order valence-corrected chi connectivity index (χ0v) is 10.7. The standard InChI is InChI=1S/C12H23N2O/c1-11(2,3)14(12(4,5)15-6)9-7-13-8-10-14/h7-9H,10H2,1-6H3/q+1. The van der Waals surface area contributed by atoms with Crippen molar-refractivity contribution in [1.29, 1.82) is 0 Å². The van der Waals surface area contributed by atoms with Crippen LogP contribution in [0.5, 0.6) is 0 Å². The summed E-state index contributed by atoms with van der Waals surface area (Å²) in [7, 11) is 1.77. The summed E-state index contributed by atoms with van der Waals surface area (Å²) in [6.07, 6.45) is 5.98. The number of quaternary nitrogens is 1. The first-order chi connectivity index (χ1) is 6.77. The van der Waals surface area contributed by atoms with Crippen molar-refractivity contribution in [1.82, 2.24) is 0 Å². The fraction of sp³-hybridized carbons (Fsp3) is 0.750. The Balaban J connectivity index is 3.20. The molecule has 0 fully saturated rings. The Bertz CT molecular complexity index is 286. The highest BCUT2D eigenvalue weighted by Gasteiger charge is 2.51. The van der Waals surface area contributed by atoms with Gasteiger partial charge in [0.05, 0.1) is 18.0 Å². The van der Waals surface area contributed by atoms with Gasteiger partial charge in [0, 0.05) is 21.0 Å². The molecule has 0 aromatic heterocycles. The summed E-state index contributed by atoms with van der Waals surface area (Å²) in [5.74, 6) is 0. The van der Waals surface area contributed by atoms with E-state index in [0.717, 1.165) is 11.0 Å². The Morgan fingerprint density at radius 1 is 1.20 bits per heavy atom. The van der Waals surface area contributed by atoms with Gasteiger partial charge in [-0.05, 0) is 20.8 Å². The minimum Gasteiger partial charge on any atom is -0.330 e. The van der Waals surface area contributed by atoms with Crippen molar-refractivity contribution in [2.24, 2.45) is 4.99 Å². The fourth-order valence-corrected chi connectivity index (χ4v) is 2.32. The molecule has 0 saturated heterocycles. The van der Waals surface area contributed by atoms with Crippen molar-refractivity contribution in [2.45, 2.75) is 45.9 Å². The monoisotopic (exact) mass is 211 g/mol. The lowest BCUT2D eigenvalue weighted by Gasteiger charge is -2.54. The molecule has 1 aliphatic heterocycles. The molecule has 3 nitrogen and oxygen atoms in total. The molecule has 1 heterocycles. The quantitative estimate of drug-likeness (QED) is 0.643. The largest absolute Gasteiger partial charge is 0.330 e. The lowest BCUT2D eigenvalue weighted by atomic mass is 9.96. The Morgan fingerprint density at radius 3 is 2.13 bits per heavy atom. The molecular formula is C12H23N2O+. The Hall–Kier alpha value is -0.670. The van der Waals surface area contributed by atoms with Crippen molar-refractivity contribution in [3.05, 3.63) is 12.4 Å². The van der Waals surface area contributed by atoms with Crippen LogP contribution >= 0.6 is 0 Å². The molecule has 86 valence electrons. The molecule has 0 amide bonds. The molecule has 0 bridgehead atoms. The van der Waals surface area contributed by atoms with Crippen LogP contribution in [-0.2, 0) is 4.74 Å². The van der Waals surface area contributed by atoms with Gasteiger partial charge in [-0.3, -0.25) is 9.48 Å². The second-order valence-corrected chi connectivity index (χ2v) is 5.50. The van der Waals surface area contributed by atoms with Crippen LogP contribution in [0, 0.1) is 0 Å². The molecule has 15 heavy (non-hydrogen) atoms. The molecule has 0 N–H and O–H groups in total. The molecule has 1 unspecified atom stereocenters. The highest BCUT2D eigenvalue weighted by Crippen LogP contribution is 2.37. The lowest BCUT2D eigenvalue weighted by Crippen LogP contribution is -2.68. The topological polar surface area (TPSA) is 21.6 Å². The molecule has 0 aliphatic carbocycles. The third-order valence-corrected chi connectivity index (χ3v) is 3.54. The molecule has 1 rings (SSSR count). The molecule has 0 saturated carbocycles. The molecule has 0 aromatic carbocycles. The average molecular weight is 211 g/mol. The van der Waals surface area contributed by atoms with Crippen LogP contribution in [0.4, 0.5) is 0 Å². The second-order valence-electron chi connectivity index (χ2n) is 5.50. The fourth-order valence-electron chi connectivity index (χ4n) is 2.32. The van der Waals surface area contributed by atoms with Crippen molar-refractivity contribution >= 4 is 6.21 Å². The van der Waals surface area contributed by atoms with Gasteiger partial charge >= 0.3 is 0 Å². The number of hydrogen-bond donors (Lipinski definition) is 0. The van der Waals surface area contributed by atoms with E-state index in [9.17, 15) is 0 Å². The summed E-state index contributed by atoms with van der Waals surface area (Å²) in [6, 6.07) is 0. The van der Waals surface area contributed by atoms with Gasteiger partial charge in [0.25, 0.3) is 0 Å². The number of rotatable bonds is 2. The van der Waals surface area contributed by atoms with Gasteiger partial charge in [-0.1, -0.05) is 0 Å². The van der Waals surface area contributed by atoms with Gasteiger partial charge in [0.1, 0.15) is 12.7 Å². The van der Waals surface area contributed by atoms with Gasteiger partial charge in [0.15, 0.2) is 0 Å².